The third-order valence-corrected chi connectivity index (χ3v) is 7.97. The van der Waals surface area contributed by atoms with Crippen molar-refractivity contribution in [2.45, 2.75) is 110 Å². The molecule has 0 saturated heterocycles. The summed E-state index contributed by atoms with van der Waals surface area (Å²) in [6.07, 6.45) is 25.1. The molecular formula is C27H45NO. The summed E-state index contributed by atoms with van der Waals surface area (Å²) in [6, 6.07) is 4.17. The van der Waals surface area contributed by atoms with Crippen LogP contribution in [0.1, 0.15) is 109 Å². The lowest BCUT2D eigenvalue weighted by molar-refractivity contribution is 0.208. The minimum absolute atomic E-state index is 0.860. The van der Waals surface area contributed by atoms with Crippen LogP contribution in [0, 0.1) is 23.7 Å². The molecule has 0 N–H and O–H groups in total. The van der Waals surface area contributed by atoms with E-state index in [1.165, 1.54) is 102 Å². The lowest BCUT2D eigenvalue weighted by Gasteiger charge is -2.32. The summed E-state index contributed by atoms with van der Waals surface area (Å²) in [6.45, 7) is 2.32. The van der Waals surface area contributed by atoms with Gasteiger partial charge in [-0.05, 0) is 48.6 Å². The standard InChI is InChI=1S/C27H45NO/c1-3-4-5-6-22-7-9-23(10-8-22)11-12-24-13-15-25(16-14-24)17-18-26-19-20-27(29-2)21-28-26/h19-25H,3-18H2,1-2H3. The molecule has 164 valence electrons. The minimum atomic E-state index is 0.860. The van der Waals surface area contributed by atoms with Crippen LogP contribution >= 0.6 is 0 Å². The van der Waals surface area contributed by atoms with Gasteiger partial charge in [0.1, 0.15) is 5.75 Å². The normalized spacial score (nSPS) is 27.7. The Morgan fingerprint density at radius 2 is 1.31 bits per heavy atom. The number of pyridine rings is 1. The Morgan fingerprint density at radius 3 is 1.79 bits per heavy atom. The highest BCUT2D eigenvalue weighted by Crippen LogP contribution is 2.38. The number of rotatable bonds is 11. The van der Waals surface area contributed by atoms with Gasteiger partial charge in [0.25, 0.3) is 0 Å². The Morgan fingerprint density at radius 1 is 0.759 bits per heavy atom. The first kappa shape index (κ1) is 22.6. The molecule has 0 radical (unpaired) electrons. The molecule has 1 aromatic heterocycles. The van der Waals surface area contributed by atoms with E-state index < -0.39 is 0 Å². The predicted octanol–water partition coefficient (Wildman–Crippen LogP) is 8.00. The van der Waals surface area contributed by atoms with E-state index in [9.17, 15) is 0 Å². The van der Waals surface area contributed by atoms with Crippen molar-refractivity contribution in [3.8, 4) is 5.75 Å². The zero-order valence-electron chi connectivity index (χ0n) is 19.2. The molecule has 29 heavy (non-hydrogen) atoms. The van der Waals surface area contributed by atoms with Crippen LogP contribution in [0.3, 0.4) is 0 Å². The Labute approximate surface area is 180 Å². The van der Waals surface area contributed by atoms with E-state index >= 15 is 0 Å². The molecule has 3 rings (SSSR count). The van der Waals surface area contributed by atoms with Crippen molar-refractivity contribution in [3.05, 3.63) is 24.0 Å². The van der Waals surface area contributed by atoms with E-state index in [1.54, 1.807) is 7.11 Å². The second kappa shape index (κ2) is 12.6. The molecule has 0 unspecified atom stereocenters. The first-order valence-electron chi connectivity index (χ1n) is 12.8. The van der Waals surface area contributed by atoms with Crippen LogP contribution < -0.4 is 4.74 Å². The second-order valence-corrected chi connectivity index (χ2v) is 10.1. The first-order valence-corrected chi connectivity index (χ1v) is 12.8. The molecule has 1 heterocycles. The van der Waals surface area contributed by atoms with Gasteiger partial charge in [0.15, 0.2) is 0 Å². The summed E-state index contributed by atoms with van der Waals surface area (Å²) < 4.78 is 5.20. The van der Waals surface area contributed by atoms with Crippen LogP contribution in [0.4, 0.5) is 0 Å². The lowest BCUT2D eigenvalue weighted by atomic mass is 9.74. The van der Waals surface area contributed by atoms with Gasteiger partial charge in [-0.1, -0.05) is 96.8 Å². The number of aromatic nitrogens is 1. The van der Waals surface area contributed by atoms with Crippen molar-refractivity contribution in [2.24, 2.45) is 23.7 Å². The maximum absolute atomic E-state index is 5.20. The molecule has 0 spiro atoms. The highest BCUT2D eigenvalue weighted by molar-refractivity contribution is 5.19. The molecule has 2 aliphatic carbocycles. The van der Waals surface area contributed by atoms with Gasteiger partial charge in [0, 0.05) is 5.69 Å². The number of hydrogen-bond acceptors (Lipinski definition) is 2. The average Bonchev–Trinajstić information content (AvgIpc) is 2.78. The van der Waals surface area contributed by atoms with E-state index in [4.69, 9.17) is 4.74 Å². The van der Waals surface area contributed by atoms with Gasteiger partial charge in [0.05, 0.1) is 13.3 Å². The van der Waals surface area contributed by atoms with Gasteiger partial charge >= 0.3 is 0 Å². The van der Waals surface area contributed by atoms with Crippen LogP contribution in [0.5, 0.6) is 5.75 Å². The Bertz CT molecular complexity index is 538. The monoisotopic (exact) mass is 399 g/mol. The fraction of sp³-hybridized carbons (Fsp3) is 0.815. The van der Waals surface area contributed by atoms with Gasteiger partial charge in [0.2, 0.25) is 0 Å². The average molecular weight is 400 g/mol. The summed E-state index contributed by atoms with van der Waals surface area (Å²) in [4.78, 5) is 4.53. The number of ether oxygens (including phenoxy) is 1. The van der Waals surface area contributed by atoms with E-state index in [-0.39, 0.29) is 0 Å². The van der Waals surface area contributed by atoms with E-state index in [0.29, 0.717) is 0 Å². The first-order chi connectivity index (χ1) is 14.3. The SMILES string of the molecule is CCCCCC1CCC(CCC2CCC(CCc3ccc(OC)cn3)CC2)CC1. The van der Waals surface area contributed by atoms with E-state index in [1.807, 2.05) is 12.3 Å². The summed E-state index contributed by atoms with van der Waals surface area (Å²) in [5.74, 6) is 4.92. The molecule has 2 aliphatic rings. The van der Waals surface area contributed by atoms with Crippen molar-refractivity contribution in [1.82, 2.24) is 4.98 Å². The summed E-state index contributed by atoms with van der Waals surface area (Å²) >= 11 is 0. The van der Waals surface area contributed by atoms with Gasteiger partial charge in [-0.2, -0.15) is 0 Å². The summed E-state index contributed by atoms with van der Waals surface area (Å²) in [5, 5.41) is 0. The molecule has 2 nitrogen and oxygen atoms in total. The molecule has 0 amide bonds. The second-order valence-electron chi connectivity index (χ2n) is 10.1. The highest BCUT2D eigenvalue weighted by Gasteiger charge is 2.24. The highest BCUT2D eigenvalue weighted by atomic mass is 16.5. The number of methoxy groups -OCH3 is 1. The van der Waals surface area contributed by atoms with Crippen LogP contribution in [0.2, 0.25) is 0 Å². The van der Waals surface area contributed by atoms with E-state index in [2.05, 4.69) is 18.0 Å². The topological polar surface area (TPSA) is 22.1 Å². The fourth-order valence-electron chi connectivity index (χ4n) is 5.80. The number of aryl methyl sites for hydroxylation is 1. The summed E-state index contributed by atoms with van der Waals surface area (Å²) in [7, 11) is 1.70. The maximum atomic E-state index is 5.20. The third-order valence-electron chi connectivity index (χ3n) is 7.97. The lowest BCUT2D eigenvalue weighted by Crippen LogP contribution is -2.18. The Balaban J connectivity index is 1.24. The molecule has 2 heteroatoms. The predicted molar refractivity (Wildman–Crippen MR) is 123 cm³/mol. The van der Waals surface area contributed by atoms with E-state index in [0.717, 1.165) is 35.8 Å². The third kappa shape index (κ3) is 7.95. The number of unbranched alkanes of at least 4 members (excludes halogenated alkanes) is 2. The van der Waals surface area contributed by atoms with Gasteiger partial charge in [-0.15, -0.1) is 0 Å². The Kier molecular flexibility index (Phi) is 9.83. The fourth-order valence-corrected chi connectivity index (χ4v) is 5.80. The molecule has 0 aromatic carbocycles. The van der Waals surface area contributed by atoms with Gasteiger partial charge in [-0.3, -0.25) is 4.98 Å². The molecular weight excluding hydrogens is 354 g/mol. The number of nitrogens with zero attached hydrogens (tertiary/aromatic N) is 1. The Hall–Kier alpha value is -1.05. The molecule has 0 atom stereocenters. The smallest absolute Gasteiger partial charge is 0.137 e. The van der Waals surface area contributed by atoms with Crippen molar-refractivity contribution in [1.29, 1.82) is 0 Å². The van der Waals surface area contributed by atoms with Crippen LogP contribution in [0.15, 0.2) is 18.3 Å². The molecule has 2 saturated carbocycles. The minimum Gasteiger partial charge on any atom is -0.495 e. The van der Waals surface area contributed by atoms with Crippen molar-refractivity contribution < 1.29 is 4.74 Å². The maximum Gasteiger partial charge on any atom is 0.137 e. The van der Waals surface area contributed by atoms with Gasteiger partial charge in [-0.25, -0.2) is 0 Å². The largest absolute Gasteiger partial charge is 0.495 e. The molecule has 2 fully saturated rings. The summed E-state index contributed by atoms with van der Waals surface area (Å²) in [5.41, 5.74) is 1.22. The van der Waals surface area contributed by atoms with Crippen molar-refractivity contribution in [3.63, 3.8) is 0 Å². The number of hydrogen-bond donors (Lipinski definition) is 0. The molecule has 1 aromatic rings. The molecule has 0 aliphatic heterocycles. The van der Waals surface area contributed by atoms with Gasteiger partial charge < -0.3 is 4.74 Å². The zero-order chi connectivity index (χ0) is 20.3. The van der Waals surface area contributed by atoms with Crippen molar-refractivity contribution >= 4 is 0 Å². The molecule has 0 bridgehead atoms. The van der Waals surface area contributed by atoms with Crippen molar-refractivity contribution in [2.75, 3.05) is 7.11 Å². The quantitative estimate of drug-likeness (QED) is 0.352. The zero-order valence-corrected chi connectivity index (χ0v) is 19.2. The van der Waals surface area contributed by atoms with Crippen LogP contribution in [-0.4, -0.2) is 12.1 Å². The van der Waals surface area contributed by atoms with Crippen LogP contribution in [0.25, 0.3) is 0 Å². The van der Waals surface area contributed by atoms with Crippen LogP contribution in [-0.2, 0) is 6.42 Å².